The summed E-state index contributed by atoms with van der Waals surface area (Å²) < 4.78 is 14.8. The van der Waals surface area contributed by atoms with Crippen LogP contribution in [0.3, 0.4) is 0 Å². The molecule has 0 atom stereocenters. The van der Waals surface area contributed by atoms with Gasteiger partial charge in [-0.1, -0.05) is 37.7 Å². The molecule has 0 aliphatic carbocycles. The molecule has 0 saturated heterocycles. The van der Waals surface area contributed by atoms with Gasteiger partial charge in [-0.3, -0.25) is 4.79 Å². The van der Waals surface area contributed by atoms with Gasteiger partial charge in [0.05, 0.1) is 24.5 Å². The van der Waals surface area contributed by atoms with E-state index >= 15 is 0 Å². The first-order valence-electron chi connectivity index (χ1n) is 9.99. The molecule has 0 radical (unpaired) electrons. The highest BCUT2D eigenvalue weighted by molar-refractivity contribution is 7.99. The number of halogens is 1. The predicted molar refractivity (Wildman–Crippen MR) is 118 cm³/mol. The summed E-state index contributed by atoms with van der Waals surface area (Å²) in [5, 5.41) is 12.6. The van der Waals surface area contributed by atoms with E-state index in [1.807, 2.05) is 0 Å². The van der Waals surface area contributed by atoms with Gasteiger partial charge >= 0.3 is 0 Å². The number of anilines is 1. The van der Waals surface area contributed by atoms with Gasteiger partial charge in [-0.05, 0) is 31.5 Å². The first kappa shape index (κ1) is 22.0. The Morgan fingerprint density at radius 3 is 2.57 bits per heavy atom. The van der Waals surface area contributed by atoms with Crippen molar-refractivity contribution in [3.63, 3.8) is 0 Å². The van der Waals surface area contributed by atoms with E-state index in [1.165, 1.54) is 12.1 Å². The van der Waals surface area contributed by atoms with Crippen molar-refractivity contribution in [3.05, 3.63) is 41.8 Å². The standard InChI is InChI=1S/C21H27FN6OS/c1-13(2)25-19-17-12-24-28(20(17)27-21(26-19)30-14(3)4)10-9-23-18(29)11-15-5-7-16(22)8-6-15/h5-8,12-14H,9-11H2,1-4H3,(H,23,29)(H,25,26,27). The zero-order valence-corrected chi connectivity index (χ0v) is 18.5. The van der Waals surface area contributed by atoms with E-state index in [0.29, 0.717) is 23.5 Å². The second kappa shape index (κ2) is 9.88. The van der Waals surface area contributed by atoms with Crippen molar-refractivity contribution >= 4 is 34.5 Å². The third kappa shape index (κ3) is 5.91. The van der Waals surface area contributed by atoms with Crippen LogP contribution in [0.4, 0.5) is 10.2 Å². The average Bonchev–Trinajstić information content (AvgIpc) is 3.06. The highest BCUT2D eigenvalue weighted by Crippen LogP contribution is 2.26. The van der Waals surface area contributed by atoms with Crippen LogP contribution in [0, 0.1) is 5.82 Å². The number of benzene rings is 1. The van der Waals surface area contributed by atoms with E-state index in [4.69, 9.17) is 0 Å². The van der Waals surface area contributed by atoms with E-state index in [-0.39, 0.29) is 24.2 Å². The van der Waals surface area contributed by atoms with Crippen LogP contribution >= 0.6 is 11.8 Å². The Morgan fingerprint density at radius 1 is 1.17 bits per heavy atom. The number of fused-ring (bicyclic) bond motifs is 1. The summed E-state index contributed by atoms with van der Waals surface area (Å²) in [6.45, 7) is 9.22. The molecule has 30 heavy (non-hydrogen) atoms. The SMILES string of the molecule is CC(C)Nc1nc(SC(C)C)nc2c1cnn2CCNC(=O)Cc1ccc(F)cc1. The molecule has 9 heteroatoms. The molecule has 2 N–H and O–H groups in total. The van der Waals surface area contributed by atoms with Crippen molar-refractivity contribution in [2.75, 3.05) is 11.9 Å². The monoisotopic (exact) mass is 430 g/mol. The maximum Gasteiger partial charge on any atom is 0.224 e. The number of nitrogens with zero attached hydrogens (tertiary/aromatic N) is 4. The molecule has 160 valence electrons. The molecule has 3 aromatic rings. The van der Waals surface area contributed by atoms with Crippen LogP contribution in [0.1, 0.15) is 33.3 Å². The molecule has 0 aliphatic rings. The Balaban J connectivity index is 1.69. The smallest absolute Gasteiger partial charge is 0.224 e. The molecule has 0 unspecified atom stereocenters. The highest BCUT2D eigenvalue weighted by atomic mass is 32.2. The summed E-state index contributed by atoms with van der Waals surface area (Å²) >= 11 is 1.60. The lowest BCUT2D eigenvalue weighted by atomic mass is 10.1. The minimum absolute atomic E-state index is 0.120. The Labute approximate surface area is 179 Å². The number of hydrogen-bond acceptors (Lipinski definition) is 6. The summed E-state index contributed by atoms with van der Waals surface area (Å²) in [5.74, 6) is 0.337. The van der Waals surface area contributed by atoms with Crippen LogP contribution in [-0.2, 0) is 17.8 Å². The lowest BCUT2D eigenvalue weighted by molar-refractivity contribution is -0.120. The van der Waals surface area contributed by atoms with Gasteiger partial charge in [-0.2, -0.15) is 5.10 Å². The fourth-order valence-corrected chi connectivity index (χ4v) is 3.60. The number of hydrogen-bond donors (Lipinski definition) is 2. The van der Waals surface area contributed by atoms with Crippen molar-refractivity contribution in [1.29, 1.82) is 0 Å². The summed E-state index contributed by atoms with van der Waals surface area (Å²) in [5.41, 5.74) is 1.51. The van der Waals surface area contributed by atoms with Gasteiger partial charge in [0, 0.05) is 17.8 Å². The highest BCUT2D eigenvalue weighted by Gasteiger charge is 2.15. The zero-order valence-electron chi connectivity index (χ0n) is 17.6. The molecular formula is C21H27FN6OS. The van der Waals surface area contributed by atoms with E-state index in [0.717, 1.165) is 22.4 Å². The first-order chi connectivity index (χ1) is 14.3. The van der Waals surface area contributed by atoms with Crippen molar-refractivity contribution < 1.29 is 9.18 Å². The number of thioether (sulfide) groups is 1. The van der Waals surface area contributed by atoms with Gasteiger partial charge in [-0.25, -0.2) is 19.0 Å². The van der Waals surface area contributed by atoms with Crippen LogP contribution in [0.25, 0.3) is 11.0 Å². The molecular weight excluding hydrogens is 403 g/mol. The maximum atomic E-state index is 13.0. The van der Waals surface area contributed by atoms with Crippen LogP contribution < -0.4 is 10.6 Å². The van der Waals surface area contributed by atoms with E-state index in [2.05, 4.69) is 53.4 Å². The molecule has 1 aromatic carbocycles. The number of rotatable bonds is 9. The van der Waals surface area contributed by atoms with Crippen LogP contribution in [0.15, 0.2) is 35.6 Å². The summed E-state index contributed by atoms with van der Waals surface area (Å²) in [6.07, 6.45) is 1.96. The van der Waals surface area contributed by atoms with Crippen molar-refractivity contribution in [3.8, 4) is 0 Å². The minimum atomic E-state index is -0.312. The molecule has 2 aromatic heterocycles. The van der Waals surface area contributed by atoms with Gasteiger partial charge in [0.1, 0.15) is 11.6 Å². The summed E-state index contributed by atoms with van der Waals surface area (Å²) in [7, 11) is 0. The second-order valence-corrected chi connectivity index (χ2v) is 9.12. The number of amides is 1. The average molecular weight is 431 g/mol. The maximum absolute atomic E-state index is 13.0. The van der Waals surface area contributed by atoms with Crippen molar-refractivity contribution in [1.82, 2.24) is 25.1 Å². The van der Waals surface area contributed by atoms with Crippen LogP contribution in [0.2, 0.25) is 0 Å². The topological polar surface area (TPSA) is 84.7 Å². The van der Waals surface area contributed by atoms with Crippen LogP contribution in [-0.4, -0.2) is 43.5 Å². The molecule has 3 rings (SSSR count). The lowest BCUT2D eigenvalue weighted by Crippen LogP contribution is -2.28. The van der Waals surface area contributed by atoms with Gasteiger partial charge in [0.2, 0.25) is 5.91 Å². The predicted octanol–water partition coefficient (Wildman–Crippen LogP) is 3.65. The lowest BCUT2D eigenvalue weighted by Gasteiger charge is -2.12. The van der Waals surface area contributed by atoms with E-state index in [9.17, 15) is 9.18 Å². The molecule has 0 fully saturated rings. The van der Waals surface area contributed by atoms with E-state index in [1.54, 1.807) is 34.8 Å². The Bertz CT molecular complexity index is 1000. The molecule has 2 heterocycles. The Morgan fingerprint density at radius 2 is 1.90 bits per heavy atom. The van der Waals surface area contributed by atoms with Crippen LogP contribution in [0.5, 0.6) is 0 Å². The number of carbonyl (C=O) groups is 1. The molecule has 1 amide bonds. The van der Waals surface area contributed by atoms with Gasteiger partial charge < -0.3 is 10.6 Å². The van der Waals surface area contributed by atoms with Gasteiger partial charge in [0.25, 0.3) is 0 Å². The zero-order chi connectivity index (χ0) is 21.7. The third-order valence-electron chi connectivity index (χ3n) is 4.17. The second-order valence-electron chi connectivity index (χ2n) is 7.58. The van der Waals surface area contributed by atoms with Crippen molar-refractivity contribution in [2.24, 2.45) is 0 Å². The number of aromatic nitrogens is 4. The summed E-state index contributed by atoms with van der Waals surface area (Å²) in [6, 6.07) is 6.17. The molecule has 7 nitrogen and oxygen atoms in total. The van der Waals surface area contributed by atoms with E-state index < -0.39 is 0 Å². The molecule has 0 saturated carbocycles. The molecule has 0 bridgehead atoms. The van der Waals surface area contributed by atoms with Gasteiger partial charge in [0.15, 0.2) is 10.8 Å². The van der Waals surface area contributed by atoms with Gasteiger partial charge in [-0.15, -0.1) is 0 Å². The number of carbonyl (C=O) groups excluding carboxylic acids is 1. The van der Waals surface area contributed by atoms with Crippen molar-refractivity contribution in [2.45, 2.75) is 57.1 Å². The number of nitrogens with one attached hydrogen (secondary N) is 2. The Kier molecular flexibility index (Phi) is 7.25. The molecule has 0 aliphatic heterocycles. The third-order valence-corrected chi connectivity index (χ3v) is 5.03. The Hall–Kier alpha value is -2.68. The first-order valence-corrected chi connectivity index (χ1v) is 10.9. The largest absolute Gasteiger partial charge is 0.367 e. The quantitative estimate of drug-likeness (QED) is 0.398. The minimum Gasteiger partial charge on any atom is -0.367 e. The summed E-state index contributed by atoms with van der Waals surface area (Å²) in [4.78, 5) is 21.5. The normalized spacial score (nSPS) is 11.4. The fourth-order valence-electron chi connectivity index (χ4n) is 2.90. The molecule has 0 spiro atoms. The fraction of sp³-hybridized carbons (Fsp3) is 0.429.